The highest BCUT2D eigenvalue weighted by Crippen LogP contribution is 2.23. The molecular formula is C20H17ClN4O2S. The van der Waals surface area contributed by atoms with Crippen molar-refractivity contribution in [3.63, 3.8) is 0 Å². The molecule has 0 aliphatic heterocycles. The summed E-state index contributed by atoms with van der Waals surface area (Å²) in [5.74, 6) is 0.452. The Morgan fingerprint density at radius 1 is 1.18 bits per heavy atom. The number of halogens is 1. The topological polar surface area (TPSA) is 83.0 Å². The third-order valence-corrected chi connectivity index (χ3v) is 4.87. The quantitative estimate of drug-likeness (QED) is 0.511. The molecule has 1 amide bonds. The van der Waals surface area contributed by atoms with Crippen molar-refractivity contribution in [3.05, 3.63) is 71.1 Å². The van der Waals surface area contributed by atoms with Gasteiger partial charge < -0.3 is 9.32 Å². The maximum Gasteiger partial charge on any atom is 0.277 e. The Balaban J connectivity index is 1.62. The molecule has 6 nitrogen and oxygen atoms in total. The van der Waals surface area contributed by atoms with Gasteiger partial charge in [-0.2, -0.15) is 5.26 Å². The molecule has 0 atom stereocenters. The van der Waals surface area contributed by atoms with Gasteiger partial charge in [0.05, 0.1) is 24.7 Å². The van der Waals surface area contributed by atoms with E-state index in [1.54, 1.807) is 29.2 Å². The molecule has 0 unspecified atom stereocenters. The molecule has 0 aliphatic rings. The molecule has 3 rings (SSSR count). The van der Waals surface area contributed by atoms with E-state index in [2.05, 4.69) is 16.3 Å². The first-order valence-corrected chi connectivity index (χ1v) is 9.94. The fraction of sp³-hybridized carbons (Fsp3) is 0.200. The third kappa shape index (κ3) is 5.59. The third-order valence-electron chi connectivity index (χ3n) is 3.83. The van der Waals surface area contributed by atoms with Crippen LogP contribution in [0.5, 0.6) is 0 Å². The predicted molar refractivity (Wildman–Crippen MR) is 108 cm³/mol. The molecule has 142 valence electrons. The normalized spacial score (nSPS) is 10.4. The van der Waals surface area contributed by atoms with E-state index < -0.39 is 0 Å². The van der Waals surface area contributed by atoms with Crippen LogP contribution in [0.4, 0.5) is 5.69 Å². The fourth-order valence-corrected chi connectivity index (χ4v) is 3.38. The molecule has 2 aromatic carbocycles. The molecule has 28 heavy (non-hydrogen) atoms. The zero-order valence-corrected chi connectivity index (χ0v) is 16.5. The number of amides is 1. The lowest BCUT2D eigenvalue weighted by molar-refractivity contribution is -0.116. The number of hydrogen-bond acceptors (Lipinski definition) is 6. The van der Waals surface area contributed by atoms with Crippen LogP contribution in [-0.2, 0) is 11.2 Å². The van der Waals surface area contributed by atoms with Crippen molar-refractivity contribution in [2.24, 2.45) is 0 Å². The predicted octanol–water partition coefficient (Wildman–Crippen LogP) is 4.35. The zero-order chi connectivity index (χ0) is 19.8. The SMILES string of the molecule is N#CCCN(C(=O)CSc1nnc(Cc2ccccc2)o1)c1cccc(Cl)c1. The van der Waals surface area contributed by atoms with Crippen LogP contribution in [0, 0.1) is 11.3 Å². The number of rotatable bonds is 8. The highest BCUT2D eigenvalue weighted by Gasteiger charge is 2.18. The Bertz CT molecular complexity index is 972. The van der Waals surface area contributed by atoms with Gasteiger partial charge in [0, 0.05) is 17.3 Å². The number of carbonyl (C=O) groups excluding carboxylic acids is 1. The maximum atomic E-state index is 12.7. The molecule has 0 N–H and O–H groups in total. The Kier molecular flexibility index (Phi) is 7.06. The summed E-state index contributed by atoms with van der Waals surface area (Å²) in [7, 11) is 0. The van der Waals surface area contributed by atoms with Gasteiger partial charge in [0.25, 0.3) is 5.22 Å². The first kappa shape index (κ1) is 19.9. The lowest BCUT2D eigenvalue weighted by Gasteiger charge is -2.21. The lowest BCUT2D eigenvalue weighted by Crippen LogP contribution is -2.33. The number of benzene rings is 2. The monoisotopic (exact) mass is 412 g/mol. The summed E-state index contributed by atoms with van der Waals surface area (Å²) in [5, 5.41) is 17.8. The standard InChI is InChI=1S/C20H17ClN4O2S/c21-16-8-4-9-17(13-16)25(11-5-10-22)19(26)14-28-20-24-23-18(27-20)12-15-6-2-1-3-7-15/h1-4,6-9,13H,5,11-12,14H2. The van der Waals surface area contributed by atoms with E-state index in [4.69, 9.17) is 21.3 Å². The van der Waals surface area contributed by atoms with Gasteiger partial charge in [0.1, 0.15) is 0 Å². The number of hydrogen-bond donors (Lipinski definition) is 0. The molecule has 0 spiro atoms. The smallest absolute Gasteiger partial charge is 0.277 e. The van der Waals surface area contributed by atoms with Crippen LogP contribution in [0.2, 0.25) is 5.02 Å². The van der Waals surface area contributed by atoms with Crippen molar-refractivity contribution in [2.75, 3.05) is 17.2 Å². The van der Waals surface area contributed by atoms with Crippen molar-refractivity contribution in [3.8, 4) is 6.07 Å². The Morgan fingerprint density at radius 2 is 2.00 bits per heavy atom. The molecule has 0 saturated carbocycles. The van der Waals surface area contributed by atoms with E-state index in [1.807, 2.05) is 30.3 Å². The maximum absolute atomic E-state index is 12.7. The van der Waals surface area contributed by atoms with Gasteiger partial charge in [-0.25, -0.2) is 0 Å². The Morgan fingerprint density at radius 3 is 2.75 bits per heavy atom. The minimum Gasteiger partial charge on any atom is -0.416 e. The highest BCUT2D eigenvalue weighted by atomic mass is 35.5. The second-order valence-corrected chi connectivity index (χ2v) is 7.21. The number of anilines is 1. The van der Waals surface area contributed by atoms with E-state index in [1.165, 1.54) is 11.8 Å². The average molecular weight is 413 g/mol. The van der Waals surface area contributed by atoms with E-state index in [-0.39, 0.29) is 18.1 Å². The first-order valence-electron chi connectivity index (χ1n) is 8.57. The van der Waals surface area contributed by atoms with E-state index in [0.29, 0.717) is 34.8 Å². The number of thioether (sulfide) groups is 1. The summed E-state index contributed by atoms with van der Waals surface area (Å²) in [5.41, 5.74) is 1.73. The number of nitriles is 1. The molecule has 1 aromatic heterocycles. The highest BCUT2D eigenvalue weighted by molar-refractivity contribution is 7.99. The second-order valence-electron chi connectivity index (χ2n) is 5.85. The summed E-state index contributed by atoms with van der Waals surface area (Å²) < 4.78 is 5.62. The fourth-order valence-electron chi connectivity index (χ4n) is 2.54. The first-order chi connectivity index (χ1) is 13.7. The van der Waals surface area contributed by atoms with E-state index >= 15 is 0 Å². The van der Waals surface area contributed by atoms with Crippen molar-refractivity contribution < 1.29 is 9.21 Å². The van der Waals surface area contributed by atoms with Gasteiger partial charge in [-0.1, -0.05) is 59.8 Å². The van der Waals surface area contributed by atoms with Crippen LogP contribution in [0.15, 0.2) is 64.2 Å². The van der Waals surface area contributed by atoms with Gasteiger partial charge in [-0.15, -0.1) is 10.2 Å². The number of carbonyl (C=O) groups is 1. The Labute approximate surface area is 172 Å². The molecule has 1 heterocycles. The minimum absolute atomic E-state index is 0.116. The van der Waals surface area contributed by atoms with Crippen LogP contribution in [0.3, 0.4) is 0 Å². The summed E-state index contributed by atoms with van der Waals surface area (Å²) in [6, 6.07) is 18.9. The molecule has 3 aromatic rings. The van der Waals surface area contributed by atoms with Crippen molar-refractivity contribution in [1.29, 1.82) is 5.26 Å². The summed E-state index contributed by atoms with van der Waals surface area (Å²) in [4.78, 5) is 14.2. The molecule has 0 radical (unpaired) electrons. The molecule has 8 heteroatoms. The van der Waals surface area contributed by atoms with Gasteiger partial charge in [-0.3, -0.25) is 4.79 Å². The largest absolute Gasteiger partial charge is 0.416 e. The number of aromatic nitrogens is 2. The van der Waals surface area contributed by atoms with Crippen molar-refractivity contribution >= 4 is 35.0 Å². The van der Waals surface area contributed by atoms with Gasteiger partial charge >= 0.3 is 0 Å². The lowest BCUT2D eigenvalue weighted by atomic mass is 10.2. The van der Waals surface area contributed by atoms with Crippen LogP contribution in [0.25, 0.3) is 0 Å². The average Bonchev–Trinajstić information content (AvgIpc) is 3.15. The van der Waals surface area contributed by atoms with E-state index in [0.717, 1.165) is 5.56 Å². The molecule has 0 bridgehead atoms. The molecule has 0 aliphatic carbocycles. The van der Waals surface area contributed by atoms with Gasteiger partial charge in [-0.05, 0) is 23.8 Å². The molecular weight excluding hydrogens is 396 g/mol. The van der Waals surface area contributed by atoms with Crippen LogP contribution >= 0.6 is 23.4 Å². The zero-order valence-electron chi connectivity index (χ0n) is 14.9. The van der Waals surface area contributed by atoms with Crippen molar-refractivity contribution in [2.45, 2.75) is 18.1 Å². The summed E-state index contributed by atoms with van der Waals surface area (Å²) >= 11 is 7.20. The summed E-state index contributed by atoms with van der Waals surface area (Å²) in [6.07, 6.45) is 0.768. The van der Waals surface area contributed by atoms with Crippen LogP contribution < -0.4 is 4.90 Å². The van der Waals surface area contributed by atoms with Gasteiger partial charge in [0.15, 0.2) is 0 Å². The minimum atomic E-state index is -0.162. The van der Waals surface area contributed by atoms with Crippen LogP contribution in [-0.4, -0.2) is 28.4 Å². The Hall–Kier alpha value is -2.82. The van der Waals surface area contributed by atoms with Crippen molar-refractivity contribution in [1.82, 2.24) is 10.2 Å². The number of nitrogens with zero attached hydrogens (tertiary/aromatic N) is 4. The molecule has 0 fully saturated rings. The summed E-state index contributed by atoms with van der Waals surface area (Å²) in [6.45, 7) is 0.291. The van der Waals surface area contributed by atoms with Gasteiger partial charge in [0.2, 0.25) is 11.8 Å². The molecule has 0 saturated heterocycles. The van der Waals surface area contributed by atoms with Crippen LogP contribution in [0.1, 0.15) is 17.9 Å². The van der Waals surface area contributed by atoms with E-state index in [9.17, 15) is 4.79 Å². The second kappa shape index (κ2) is 9.93.